The molecule has 1 saturated heterocycles. The number of aliphatic carboxylic acids is 1. The van der Waals surface area contributed by atoms with E-state index in [1.807, 2.05) is 0 Å². The number of carboxylic acid groups (broad SMARTS) is 1. The number of anilines is 1. The van der Waals surface area contributed by atoms with Crippen molar-refractivity contribution in [2.45, 2.75) is 17.3 Å². The number of fused-ring (bicyclic) bond motifs is 1. The van der Waals surface area contributed by atoms with Crippen LogP contribution in [0.25, 0.3) is 11.0 Å². The van der Waals surface area contributed by atoms with Crippen molar-refractivity contribution in [3.8, 4) is 5.75 Å². The summed E-state index contributed by atoms with van der Waals surface area (Å²) in [6.45, 7) is -0.300. The Labute approximate surface area is 199 Å². The molecule has 0 aliphatic carbocycles. The highest BCUT2D eigenvalue weighted by molar-refractivity contribution is 9.10. The fraction of sp³-hybridized carbons (Fsp3) is 0.263. The van der Waals surface area contributed by atoms with Crippen LogP contribution in [0.5, 0.6) is 5.75 Å². The normalized spacial score (nSPS) is 17.6. The van der Waals surface area contributed by atoms with Gasteiger partial charge in [-0.3, -0.25) is 9.78 Å². The third-order valence-electron chi connectivity index (χ3n) is 5.00. The topological polar surface area (TPSA) is 126 Å². The average Bonchev–Trinajstić information content (AvgIpc) is 2.78. The lowest BCUT2D eigenvalue weighted by Gasteiger charge is -2.38. The average molecular weight is 562 g/mol. The quantitative estimate of drug-likeness (QED) is 0.500. The number of pyridine rings is 1. The summed E-state index contributed by atoms with van der Waals surface area (Å²) in [5.74, 6) is -1.62. The molecule has 0 bridgehead atoms. The first-order chi connectivity index (χ1) is 16.0. The van der Waals surface area contributed by atoms with Crippen LogP contribution in [0.3, 0.4) is 0 Å². The molecule has 15 heteroatoms. The van der Waals surface area contributed by atoms with Crippen LogP contribution < -0.4 is 9.64 Å². The highest BCUT2D eigenvalue weighted by atomic mass is 79.9. The van der Waals surface area contributed by atoms with Crippen LogP contribution in [0.2, 0.25) is 0 Å². The molecule has 180 valence electrons. The minimum atomic E-state index is -4.93. The Hall–Kier alpha value is -3.04. The van der Waals surface area contributed by atoms with Gasteiger partial charge in [-0.15, -0.1) is 13.2 Å². The van der Waals surface area contributed by atoms with Crippen LogP contribution >= 0.6 is 15.9 Å². The summed E-state index contributed by atoms with van der Waals surface area (Å²) in [6, 6.07) is 2.10. The second-order valence-electron chi connectivity index (χ2n) is 7.15. The van der Waals surface area contributed by atoms with Crippen LogP contribution in [0.4, 0.5) is 19.0 Å². The summed E-state index contributed by atoms with van der Waals surface area (Å²) in [7, 11) is -4.33. The summed E-state index contributed by atoms with van der Waals surface area (Å²) in [5, 5.41) is 9.74. The fourth-order valence-corrected chi connectivity index (χ4v) is 5.43. The zero-order valence-corrected chi connectivity index (χ0v) is 19.4. The number of carboxylic acids is 1. The van der Waals surface area contributed by atoms with Crippen LogP contribution in [0.1, 0.15) is 0 Å². The van der Waals surface area contributed by atoms with Gasteiger partial charge in [-0.2, -0.15) is 4.31 Å². The van der Waals surface area contributed by atoms with Crippen molar-refractivity contribution in [3.05, 3.63) is 47.3 Å². The molecule has 1 atom stereocenters. The maximum Gasteiger partial charge on any atom is 0.573 e. The van der Waals surface area contributed by atoms with Gasteiger partial charge in [-0.1, -0.05) is 0 Å². The molecule has 4 rings (SSSR count). The lowest BCUT2D eigenvalue weighted by Crippen LogP contribution is -2.58. The number of rotatable bonds is 5. The third-order valence-corrected chi connectivity index (χ3v) is 7.51. The molecule has 3 heterocycles. The number of piperazine rings is 1. The summed E-state index contributed by atoms with van der Waals surface area (Å²) >= 11 is 3.34. The summed E-state index contributed by atoms with van der Waals surface area (Å²) in [6.07, 6.45) is -0.426. The van der Waals surface area contributed by atoms with Gasteiger partial charge in [0.2, 0.25) is 10.0 Å². The van der Waals surface area contributed by atoms with Crippen molar-refractivity contribution in [1.82, 2.24) is 19.3 Å². The van der Waals surface area contributed by atoms with Gasteiger partial charge in [0, 0.05) is 25.8 Å². The number of nitrogens with zero attached hydrogens (tertiary/aromatic N) is 5. The van der Waals surface area contributed by atoms with Gasteiger partial charge in [0.05, 0.1) is 21.8 Å². The molecule has 1 fully saturated rings. The number of ether oxygens (including phenoxy) is 1. The fourth-order valence-electron chi connectivity index (χ4n) is 3.46. The molecule has 10 nitrogen and oxygen atoms in total. The van der Waals surface area contributed by atoms with Crippen LogP contribution in [0.15, 0.2) is 52.2 Å². The number of carbonyl (C=O) groups is 1. The molecule has 0 radical (unpaired) electrons. The molecular formula is C19H15BrF3N5O5S. The Balaban J connectivity index is 1.59. The SMILES string of the molecule is O=C(O)[C@H]1CN(c2cnc3cncc(Br)c3n2)CCN1S(=O)(=O)c1ccc(OC(F)(F)F)cc1. The van der Waals surface area contributed by atoms with Crippen molar-refractivity contribution in [2.75, 3.05) is 24.5 Å². The van der Waals surface area contributed by atoms with E-state index in [-0.39, 0.29) is 24.5 Å². The molecule has 2 aromatic heterocycles. The number of sulfonamides is 1. The van der Waals surface area contributed by atoms with Crippen molar-refractivity contribution < 1.29 is 36.2 Å². The van der Waals surface area contributed by atoms with E-state index in [2.05, 4.69) is 35.6 Å². The Morgan fingerprint density at radius 1 is 1.15 bits per heavy atom. The highest BCUT2D eigenvalue weighted by Gasteiger charge is 2.41. The van der Waals surface area contributed by atoms with Crippen molar-refractivity contribution in [2.24, 2.45) is 0 Å². The summed E-state index contributed by atoms with van der Waals surface area (Å²) < 4.78 is 68.4. The first-order valence-electron chi connectivity index (χ1n) is 9.57. The summed E-state index contributed by atoms with van der Waals surface area (Å²) in [4.78, 5) is 26.0. The number of hydrogen-bond donors (Lipinski definition) is 1. The number of alkyl halides is 3. The number of aromatic nitrogens is 3. The van der Waals surface area contributed by atoms with E-state index in [0.29, 0.717) is 21.3 Å². The first-order valence-corrected chi connectivity index (χ1v) is 11.8. The first kappa shape index (κ1) is 24.1. The van der Waals surface area contributed by atoms with Gasteiger partial charge >= 0.3 is 12.3 Å². The number of benzene rings is 1. The molecule has 0 amide bonds. The molecule has 1 aromatic carbocycles. The minimum Gasteiger partial charge on any atom is -0.480 e. The highest BCUT2D eigenvalue weighted by Crippen LogP contribution is 2.28. The molecule has 3 aromatic rings. The van der Waals surface area contributed by atoms with Gasteiger partial charge in [0.15, 0.2) is 0 Å². The molecule has 1 N–H and O–H groups in total. The Bertz CT molecular complexity index is 1340. The minimum absolute atomic E-state index is 0.112. The maximum absolute atomic E-state index is 13.1. The number of halogens is 4. The van der Waals surface area contributed by atoms with Gasteiger partial charge < -0.3 is 14.7 Å². The predicted octanol–water partition coefficient (Wildman–Crippen LogP) is 2.65. The monoisotopic (exact) mass is 561 g/mol. The van der Waals surface area contributed by atoms with Crippen LogP contribution in [0, 0.1) is 0 Å². The Morgan fingerprint density at radius 3 is 2.50 bits per heavy atom. The van der Waals surface area contributed by atoms with Crippen molar-refractivity contribution >= 4 is 48.8 Å². The van der Waals surface area contributed by atoms with E-state index in [9.17, 15) is 31.5 Å². The van der Waals surface area contributed by atoms with E-state index in [4.69, 9.17) is 0 Å². The standard InChI is InChI=1S/C19H15BrF3N5O5S/c20-13-7-24-8-14-17(13)26-16(9-25-14)27-5-6-28(15(10-27)18(29)30)34(31,32)12-3-1-11(2-4-12)33-19(21,22)23/h1-4,7-9,15H,5-6,10H2,(H,29,30)/t15-/m1/s1. The largest absolute Gasteiger partial charge is 0.573 e. The van der Waals surface area contributed by atoms with Gasteiger partial charge in [-0.05, 0) is 40.2 Å². The maximum atomic E-state index is 13.1. The molecule has 34 heavy (non-hydrogen) atoms. The van der Waals surface area contributed by atoms with E-state index in [1.54, 1.807) is 4.90 Å². The van der Waals surface area contributed by atoms with Gasteiger partial charge in [0.1, 0.15) is 28.6 Å². The van der Waals surface area contributed by atoms with Gasteiger partial charge in [0.25, 0.3) is 0 Å². The molecule has 1 aliphatic rings. The van der Waals surface area contributed by atoms with Crippen molar-refractivity contribution in [3.63, 3.8) is 0 Å². The van der Waals surface area contributed by atoms with E-state index >= 15 is 0 Å². The second kappa shape index (κ2) is 8.96. The van der Waals surface area contributed by atoms with Crippen LogP contribution in [-0.2, 0) is 14.8 Å². The Kier molecular flexibility index (Phi) is 6.35. The van der Waals surface area contributed by atoms with Crippen molar-refractivity contribution in [1.29, 1.82) is 0 Å². The molecular weight excluding hydrogens is 547 g/mol. The lowest BCUT2D eigenvalue weighted by atomic mass is 10.2. The predicted molar refractivity (Wildman–Crippen MR) is 116 cm³/mol. The van der Waals surface area contributed by atoms with E-state index < -0.39 is 34.1 Å². The lowest BCUT2D eigenvalue weighted by molar-refractivity contribution is -0.274. The Morgan fingerprint density at radius 2 is 1.85 bits per heavy atom. The second-order valence-corrected chi connectivity index (χ2v) is 9.90. The third kappa shape index (κ3) is 4.90. The zero-order chi connectivity index (χ0) is 24.7. The molecule has 0 spiro atoms. The molecule has 0 saturated carbocycles. The number of hydrogen-bond acceptors (Lipinski definition) is 8. The van der Waals surface area contributed by atoms with E-state index in [0.717, 1.165) is 28.6 Å². The van der Waals surface area contributed by atoms with E-state index in [1.165, 1.54) is 18.6 Å². The molecule has 0 unspecified atom stereocenters. The van der Waals surface area contributed by atoms with Gasteiger partial charge in [-0.25, -0.2) is 18.4 Å². The zero-order valence-electron chi connectivity index (χ0n) is 17.0. The smallest absolute Gasteiger partial charge is 0.480 e. The summed E-state index contributed by atoms with van der Waals surface area (Å²) in [5.41, 5.74) is 1.03. The molecule has 1 aliphatic heterocycles. The van der Waals surface area contributed by atoms with Crippen LogP contribution in [-0.4, -0.2) is 70.8 Å².